The van der Waals surface area contributed by atoms with E-state index in [9.17, 15) is 4.79 Å². The lowest BCUT2D eigenvalue weighted by Gasteiger charge is -2.32. The first-order valence-electron chi connectivity index (χ1n) is 8.95. The largest absolute Gasteiger partial charge is 0.338 e. The van der Waals surface area contributed by atoms with Crippen molar-refractivity contribution in [3.05, 3.63) is 58.6 Å². The van der Waals surface area contributed by atoms with E-state index in [1.165, 1.54) is 6.42 Å². The Labute approximate surface area is 154 Å². The molecule has 0 spiro atoms. The number of carbonyl (C=O) groups excluding carboxylic acids is 1. The molecule has 2 N–H and O–H groups in total. The number of nitrogens with two attached hydrogens (primary N) is 1. The fraction of sp³-hybridized carbons (Fsp3) is 0.381. The normalized spacial score (nSPS) is 17.6. The standard InChI is InChI=1S/C21H25ClN2O/c1-15-19(8-3-9-20(15)22)17-6-2-7-18(13-17)21(25)24-12-4-5-16(14-24)10-11-23/h2-3,6-9,13,16H,4-5,10-12,14,23H2,1H3/t16-/m1/s1. The molecule has 0 aromatic heterocycles. The smallest absolute Gasteiger partial charge is 0.253 e. The number of benzene rings is 2. The first-order chi connectivity index (χ1) is 12.1. The molecular weight excluding hydrogens is 332 g/mol. The molecule has 1 amide bonds. The van der Waals surface area contributed by atoms with Gasteiger partial charge in [0.15, 0.2) is 0 Å². The van der Waals surface area contributed by atoms with Gasteiger partial charge in [-0.2, -0.15) is 0 Å². The minimum Gasteiger partial charge on any atom is -0.338 e. The highest BCUT2D eigenvalue weighted by Gasteiger charge is 2.24. The summed E-state index contributed by atoms with van der Waals surface area (Å²) in [6.07, 6.45) is 3.22. The zero-order valence-electron chi connectivity index (χ0n) is 14.7. The molecule has 2 aromatic carbocycles. The Hall–Kier alpha value is -1.84. The lowest BCUT2D eigenvalue weighted by molar-refractivity contribution is 0.0669. The fourth-order valence-corrected chi connectivity index (χ4v) is 3.82. The van der Waals surface area contributed by atoms with Crippen LogP contribution in [0.3, 0.4) is 0 Å². The van der Waals surface area contributed by atoms with Gasteiger partial charge in [0.1, 0.15) is 0 Å². The number of nitrogens with zero attached hydrogens (tertiary/aromatic N) is 1. The number of hydrogen-bond acceptors (Lipinski definition) is 2. The van der Waals surface area contributed by atoms with Gasteiger partial charge < -0.3 is 10.6 Å². The van der Waals surface area contributed by atoms with Crippen LogP contribution >= 0.6 is 11.6 Å². The van der Waals surface area contributed by atoms with E-state index in [0.717, 1.165) is 53.2 Å². The molecule has 1 aliphatic rings. The quantitative estimate of drug-likeness (QED) is 0.875. The zero-order valence-corrected chi connectivity index (χ0v) is 15.4. The van der Waals surface area contributed by atoms with Crippen molar-refractivity contribution in [1.82, 2.24) is 4.90 Å². The second kappa shape index (κ2) is 8.03. The average Bonchev–Trinajstić information content (AvgIpc) is 2.64. The van der Waals surface area contributed by atoms with Crippen LogP contribution < -0.4 is 5.73 Å². The highest BCUT2D eigenvalue weighted by molar-refractivity contribution is 6.31. The number of carbonyl (C=O) groups is 1. The van der Waals surface area contributed by atoms with E-state index in [1.807, 2.05) is 54.3 Å². The second-order valence-electron chi connectivity index (χ2n) is 6.83. The van der Waals surface area contributed by atoms with Gasteiger partial charge in [-0.1, -0.05) is 35.9 Å². The maximum atomic E-state index is 13.0. The van der Waals surface area contributed by atoms with E-state index in [1.54, 1.807) is 0 Å². The summed E-state index contributed by atoms with van der Waals surface area (Å²) in [7, 11) is 0. The number of halogens is 1. The lowest BCUT2D eigenvalue weighted by atomic mass is 9.94. The number of rotatable bonds is 4. The summed E-state index contributed by atoms with van der Waals surface area (Å²) in [5.74, 6) is 0.643. The maximum Gasteiger partial charge on any atom is 0.253 e. The Kier molecular flexibility index (Phi) is 5.77. The van der Waals surface area contributed by atoms with E-state index < -0.39 is 0 Å². The monoisotopic (exact) mass is 356 g/mol. The first kappa shape index (κ1) is 18.0. The number of hydrogen-bond donors (Lipinski definition) is 1. The molecule has 2 aromatic rings. The average molecular weight is 357 g/mol. The van der Waals surface area contributed by atoms with Crippen molar-refractivity contribution in [2.45, 2.75) is 26.2 Å². The summed E-state index contributed by atoms with van der Waals surface area (Å²) in [5.41, 5.74) is 9.57. The van der Waals surface area contributed by atoms with Crippen molar-refractivity contribution in [2.24, 2.45) is 11.7 Å². The Bertz CT molecular complexity index is 757. The van der Waals surface area contributed by atoms with E-state index in [0.29, 0.717) is 12.5 Å². The van der Waals surface area contributed by atoms with Gasteiger partial charge in [-0.05, 0) is 73.5 Å². The van der Waals surface area contributed by atoms with E-state index in [4.69, 9.17) is 17.3 Å². The second-order valence-corrected chi connectivity index (χ2v) is 7.24. The Balaban J connectivity index is 1.83. The van der Waals surface area contributed by atoms with Gasteiger partial charge in [-0.3, -0.25) is 4.79 Å². The van der Waals surface area contributed by atoms with Crippen LogP contribution in [0.2, 0.25) is 5.02 Å². The van der Waals surface area contributed by atoms with Gasteiger partial charge in [-0.15, -0.1) is 0 Å². The van der Waals surface area contributed by atoms with Crippen molar-refractivity contribution in [3.63, 3.8) is 0 Å². The van der Waals surface area contributed by atoms with Gasteiger partial charge in [0, 0.05) is 23.7 Å². The minimum absolute atomic E-state index is 0.114. The highest BCUT2D eigenvalue weighted by Crippen LogP contribution is 2.29. The van der Waals surface area contributed by atoms with Crippen LogP contribution in [-0.4, -0.2) is 30.4 Å². The summed E-state index contributed by atoms with van der Waals surface area (Å²) in [5, 5.41) is 0.745. The van der Waals surface area contributed by atoms with Crippen LogP contribution in [-0.2, 0) is 0 Å². The van der Waals surface area contributed by atoms with Crippen LogP contribution in [0.1, 0.15) is 35.2 Å². The summed E-state index contributed by atoms with van der Waals surface area (Å²) in [4.78, 5) is 14.9. The summed E-state index contributed by atoms with van der Waals surface area (Å²) < 4.78 is 0. The molecule has 1 saturated heterocycles. The molecule has 0 bridgehead atoms. The third kappa shape index (κ3) is 4.05. The number of amides is 1. The van der Waals surface area contributed by atoms with E-state index >= 15 is 0 Å². The molecule has 1 fully saturated rings. The molecule has 3 rings (SSSR count). The molecule has 0 aliphatic carbocycles. The van der Waals surface area contributed by atoms with Crippen LogP contribution in [0.4, 0.5) is 0 Å². The number of likely N-dealkylation sites (tertiary alicyclic amines) is 1. The van der Waals surface area contributed by atoms with Gasteiger partial charge in [0.05, 0.1) is 0 Å². The third-order valence-electron chi connectivity index (χ3n) is 5.07. The van der Waals surface area contributed by atoms with Gasteiger partial charge in [0.2, 0.25) is 0 Å². The molecule has 0 saturated carbocycles. The van der Waals surface area contributed by atoms with Crippen molar-refractivity contribution in [1.29, 1.82) is 0 Å². The summed E-state index contributed by atoms with van der Waals surface area (Å²) in [6, 6.07) is 13.7. The molecule has 0 radical (unpaired) electrons. The first-order valence-corrected chi connectivity index (χ1v) is 9.33. The lowest BCUT2D eigenvalue weighted by Crippen LogP contribution is -2.40. The molecule has 1 aliphatic heterocycles. The van der Waals surface area contributed by atoms with Crippen LogP contribution in [0.5, 0.6) is 0 Å². The predicted molar refractivity (Wildman–Crippen MR) is 104 cm³/mol. The van der Waals surface area contributed by atoms with Crippen molar-refractivity contribution in [3.8, 4) is 11.1 Å². The van der Waals surface area contributed by atoms with E-state index in [2.05, 4.69) is 0 Å². The molecular formula is C21H25ClN2O. The SMILES string of the molecule is Cc1c(Cl)cccc1-c1cccc(C(=O)N2CCC[C@H](CCN)C2)c1. The van der Waals surface area contributed by atoms with Crippen LogP contribution in [0.25, 0.3) is 11.1 Å². The zero-order chi connectivity index (χ0) is 17.8. The molecule has 0 unspecified atom stereocenters. The Morgan fingerprint density at radius 3 is 2.88 bits per heavy atom. The van der Waals surface area contributed by atoms with E-state index in [-0.39, 0.29) is 5.91 Å². The molecule has 3 nitrogen and oxygen atoms in total. The van der Waals surface area contributed by atoms with Crippen molar-refractivity contribution < 1.29 is 4.79 Å². The molecule has 1 atom stereocenters. The highest BCUT2D eigenvalue weighted by atomic mass is 35.5. The van der Waals surface area contributed by atoms with Crippen molar-refractivity contribution in [2.75, 3.05) is 19.6 Å². The Morgan fingerprint density at radius 2 is 2.08 bits per heavy atom. The maximum absolute atomic E-state index is 13.0. The Morgan fingerprint density at radius 1 is 1.28 bits per heavy atom. The fourth-order valence-electron chi connectivity index (χ4n) is 3.64. The molecule has 4 heteroatoms. The molecule has 25 heavy (non-hydrogen) atoms. The van der Waals surface area contributed by atoms with Gasteiger partial charge in [0.25, 0.3) is 5.91 Å². The van der Waals surface area contributed by atoms with Gasteiger partial charge in [-0.25, -0.2) is 0 Å². The van der Waals surface area contributed by atoms with Crippen molar-refractivity contribution >= 4 is 17.5 Å². The number of piperidine rings is 1. The molecule has 1 heterocycles. The van der Waals surface area contributed by atoms with Crippen LogP contribution in [0, 0.1) is 12.8 Å². The third-order valence-corrected chi connectivity index (χ3v) is 5.48. The summed E-state index contributed by atoms with van der Waals surface area (Å²) in [6.45, 7) is 4.35. The minimum atomic E-state index is 0.114. The summed E-state index contributed by atoms with van der Waals surface area (Å²) >= 11 is 6.25. The van der Waals surface area contributed by atoms with Crippen LogP contribution in [0.15, 0.2) is 42.5 Å². The molecule has 132 valence electrons. The topological polar surface area (TPSA) is 46.3 Å². The van der Waals surface area contributed by atoms with Gasteiger partial charge >= 0.3 is 0 Å². The predicted octanol–water partition coefficient (Wildman–Crippen LogP) is 4.52.